The number of thioether (sulfide) groups is 1. The number of nitrogens with two attached hydrogens (primary N) is 1. The molecule has 4 rings (SSSR count). The minimum atomic E-state index is -0.401. The van der Waals surface area contributed by atoms with Crippen molar-refractivity contribution in [2.24, 2.45) is 5.73 Å². The summed E-state index contributed by atoms with van der Waals surface area (Å²) in [6.07, 6.45) is 7.87. The lowest BCUT2D eigenvalue weighted by Crippen LogP contribution is -2.30. The fourth-order valence-electron chi connectivity index (χ4n) is 3.66. The van der Waals surface area contributed by atoms with Gasteiger partial charge in [0.25, 0.3) is 5.56 Å². The lowest BCUT2D eigenvalue weighted by molar-refractivity contribution is -0.117. The third-order valence-corrected chi connectivity index (χ3v) is 7.25. The molecule has 2 aromatic rings. The molecule has 0 bridgehead atoms. The molecule has 7 heteroatoms. The first-order valence-corrected chi connectivity index (χ1v) is 10.8. The maximum absolute atomic E-state index is 13.4. The number of thiophene rings is 1. The van der Waals surface area contributed by atoms with Crippen LogP contribution in [-0.2, 0) is 4.79 Å². The Morgan fingerprint density at radius 1 is 1.32 bits per heavy atom. The molecule has 1 atom stereocenters. The van der Waals surface area contributed by atoms with Crippen LogP contribution in [-0.4, -0.2) is 20.7 Å². The molecule has 0 aliphatic heterocycles. The summed E-state index contributed by atoms with van der Waals surface area (Å²) < 4.78 is 1.88. The highest BCUT2D eigenvalue weighted by molar-refractivity contribution is 8.00. The summed E-state index contributed by atoms with van der Waals surface area (Å²) >= 11 is 2.87. The van der Waals surface area contributed by atoms with Crippen molar-refractivity contribution in [3.8, 4) is 0 Å². The second kappa shape index (κ2) is 6.76. The van der Waals surface area contributed by atoms with Crippen LogP contribution in [0.2, 0.25) is 0 Å². The molecule has 0 aromatic carbocycles. The number of fused-ring (bicyclic) bond motifs is 1. The van der Waals surface area contributed by atoms with E-state index in [1.165, 1.54) is 36.6 Å². The van der Waals surface area contributed by atoms with Crippen LogP contribution in [0.3, 0.4) is 0 Å². The lowest BCUT2D eigenvalue weighted by atomic mass is 9.95. The molecule has 2 aliphatic rings. The molecule has 0 unspecified atom stereocenters. The monoisotopic (exact) mass is 377 g/mol. The van der Waals surface area contributed by atoms with Crippen molar-refractivity contribution in [1.29, 1.82) is 0 Å². The van der Waals surface area contributed by atoms with Gasteiger partial charge in [0.15, 0.2) is 5.16 Å². The zero-order chi connectivity index (χ0) is 17.6. The Bertz CT molecular complexity index is 863. The Hall–Kier alpha value is -1.34. The van der Waals surface area contributed by atoms with Gasteiger partial charge in [-0.05, 0) is 49.5 Å². The molecule has 0 spiro atoms. The van der Waals surface area contributed by atoms with Gasteiger partial charge in [-0.15, -0.1) is 11.3 Å². The summed E-state index contributed by atoms with van der Waals surface area (Å²) in [5.74, 6) is 0.158. The highest BCUT2D eigenvalue weighted by Gasteiger charge is 2.30. The van der Waals surface area contributed by atoms with Crippen LogP contribution in [0.1, 0.15) is 69.4 Å². The van der Waals surface area contributed by atoms with Gasteiger partial charge in [-0.2, -0.15) is 0 Å². The van der Waals surface area contributed by atoms with E-state index in [0.717, 1.165) is 35.9 Å². The number of primary amides is 1. The highest BCUT2D eigenvalue weighted by atomic mass is 32.2. The van der Waals surface area contributed by atoms with E-state index >= 15 is 0 Å². The van der Waals surface area contributed by atoms with Gasteiger partial charge < -0.3 is 5.73 Å². The van der Waals surface area contributed by atoms with Crippen LogP contribution in [0.15, 0.2) is 15.3 Å². The number of hydrogen-bond acceptors (Lipinski definition) is 5. The molecule has 25 heavy (non-hydrogen) atoms. The molecule has 0 radical (unpaired) electrons. The topological polar surface area (TPSA) is 78.0 Å². The van der Waals surface area contributed by atoms with Crippen LogP contribution in [0.4, 0.5) is 0 Å². The predicted molar refractivity (Wildman–Crippen MR) is 102 cm³/mol. The summed E-state index contributed by atoms with van der Waals surface area (Å²) in [6.45, 7) is 1.78. The molecule has 2 aliphatic carbocycles. The average Bonchev–Trinajstić information content (AvgIpc) is 3.35. The third-order valence-electron chi connectivity index (χ3n) is 5.28. The summed E-state index contributed by atoms with van der Waals surface area (Å²) in [5, 5.41) is 3.17. The van der Waals surface area contributed by atoms with E-state index in [9.17, 15) is 9.59 Å². The van der Waals surface area contributed by atoms with E-state index in [4.69, 9.17) is 10.7 Å². The van der Waals surface area contributed by atoms with Crippen molar-refractivity contribution >= 4 is 39.2 Å². The number of amides is 1. The molecule has 134 valence electrons. The fourth-order valence-corrected chi connectivity index (χ4v) is 5.65. The first-order valence-electron chi connectivity index (χ1n) is 9.06. The summed E-state index contributed by atoms with van der Waals surface area (Å²) in [5.41, 5.74) is 6.71. The maximum atomic E-state index is 13.4. The number of carbonyl (C=O) groups is 1. The minimum absolute atomic E-state index is 0.0826. The summed E-state index contributed by atoms with van der Waals surface area (Å²) in [7, 11) is 0. The number of nitrogens with zero attached hydrogens (tertiary/aromatic N) is 2. The largest absolute Gasteiger partial charge is 0.369 e. The molecule has 2 saturated carbocycles. The van der Waals surface area contributed by atoms with Crippen LogP contribution in [0.5, 0.6) is 0 Å². The first-order chi connectivity index (χ1) is 12.1. The second-order valence-corrected chi connectivity index (χ2v) is 9.34. The van der Waals surface area contributed by atoms with Gasteiger partial charge in [-0.1, -0.05) is 31.0 Å². The summed E-state index contributed by atoms with van der Waals surface area (Å²) in [4.78, 5) is 30.5. The molecule has 2 N–H and O–H groups in total. The van der Waals surface area contributed by atoms with Crippen LogP contribution < -0.4 is 11.3 Å². The SMILES string of the molecule is C[C@@H](Sc1nc2scc(C3CC3)c2c(=O)n1C1CCCCC1)C(N)=O. The van der Waals surface area contributed by atoms with Gasteiger partial charge in [0.05, 0.1) is 10.6 Å². The van der Waals surface area contributed by atoms with Gasteiger partial charge in [-0.25, -0.2) is 4.98 Å². The Balaban J connectivity index is 1.86. The molecule has 5 nitrogen and oxygen atoms in total. The number of rotatable bonds is 5. The fraction of sp³-hybridized carbons (Fsp3) is 0.611. The van der Waals surface area contributed by atoms with E-state index in [-0.39, 0.29) is 17.5 Å². The third kappa shape index (κ3) is 3.24. The zero-order valence-corrected chi connectivity index (χ0v) is 16.0. The molecular weight excluding hydrogens is 354 g/mol. The number of aromatic nitrogens is 2. The average molecular weight is 378 g/mol. The zero-order valence-electron chi connectivity index (χ0n) is 14.4. The van der Waals surface area contributed by atoms with E-state index in [0.29, 0.717) is 11.1 Å². The standard InChI is InChI=1S/C18H23N3O2S2/c1-10(15(19)22)25-18-20-16-14(13(9-24-16)11-7-8-11)17(23)21(18)12-5-3-2-4-6-12/h9-12H,2-8H2,1H3,(H2,19,22)/t10-/m1/s1. The van der Waals surface area contributed by atoms with Crippen molar-refractivity contribution in [3.63, 3.8) is 0 Å². The van der Waals surface area contributed by atoms with Crippen LogP contribution in [0.25, 0.3) is 10.2 Å². The second-order valence-electron chi connectivity index (χ2n) is 7.17. The van der Waals surface area contributed by atoms with Crippen molar-refractivity contribution in [2.75, 3.05) is 0 Å². The molecule has 2 fully saturated rings. The van der Waals surface area contributed by atoms with E-state index in [1.807, 2.05) is 4.57 Å². The smallest absolute Gasteiger partial charge is 0.263 e. The predicted octanol–water partition coefficient (Wildman–Crippen LogP) is 3.81. The highest BCUT2D eigenvalue weighted by Crippen LogP contribution is 2.44. The van der Waals surface area contributed by atoms with E-state index < -0.39 is 5.25 Å². The van der Waals surface area contributed by atoms with Crippen molar-refractivity contribution in [2.45, 2.75) is 74.2 Å². The van der Waals surface area contributed by atoms with E-state index in [1.54, 1.807) is 18.3 Å². The van der Waals surface area contributed by atoms with Crippen molar-refractivity contribution in [3.05, 3.63) is 21.3 Å². The van der Waals surface area contributed by atoms with Crippen LogP contribution >= 0.6 is 23.1 Å². The lowest BCUT2D eigenvalue weighted by Gasteiger charge is -2.26. The van der Waals surface area contributed by atoms with Gasteiger partial charge in [-0.3, -0.25) is 14.2 Å². The Labute approximate surface area is 155 Å². The number of carbonyl (C=O) groups excluding carboxylic acids is 1. The summed E-state index contributed by atoms with van der Waals surface area (Å²) in [6, 6.07) is 0.188. The molecule has 0 saturated heterocycles. The Kier molecular flexibility index (Phi) is 4.62. The van der Waals surface area contributed by atoms with Gasteiger partial charge in [0.2, 0.25) is 5.91 Å². The van der Waals surface area contributed by atoms with Gasteiger partial charge in [0, 0.05) is 6.04 Å². The molecule has 2 heterocycles. The quantitative estimate of drug-likeness (QED) is 0.635. The number of hydrogen-bond donors (Lipinski definition) is 1. The Morgan fingerprint density at radius 2 is 2.04 bits per heavy atom. The minimum Gasteiger partial charge on any atom is -0.369 e. The van der Waals surface area contributed by atoms with Crippen molar-refractivity contribution in [1.82, 2.24) is 9.55 Å². The van der Waals surface area contributed by atoms with Gasteiger partial charge >= 0.3 is 0 Å². The molecule has 2 aromatic heterocycles. The van der Waals surface area contributed by atoms with Crippen LogP contribution in [0, 0.1) is 0 Å². The van der Waals surface area contributed by atoms with Crippen molar-refractivity contribution < 1.29 is 4.79 Å². The first kappa shape index (κ1) is 17.1. The Morgan fingerprint density at radius 3 is 2.68 bits per heavy atom. The molecule has 1 amide bonds. The normalized spacial score (nSPS) is 20.0. The van der Waals surface area contributed by atoms with E-state index in [2.05, 4.69) is 5.38 Å². The molecular formula is C18H23N3O2S2. The van der Waals surface area contributed by atoms with Gasteiger partial charge in [0.1, 0.15) is 4.83 Å². The maximum Gasteiger partial charge on any atom is 0.263 e.